The largest absolute Gasteiger partial charge is 2.00 e. The summed E-state index contributed by atoms with van der Waals surface area (Å²) >= 11 is 0. The van der Waals surface area contributed by atoms with E-state index < -0.39 is 0 Å². The minimum absolute atomic E-state index is 0. The van der Waals surface area contributed by atoms with Crippen LogP contribution < -0.4 is 0 Å². The first-order valence-corrected chi connectivity index (χ1v) is 15.7. The number of allylic oxidation sites excluding steroid dienone is 2. The molecule has 210 valence electrons. The number of aromatic nitrogens is 4. The summed E-state index contributed by atoms with van der Waals surface area (Å²) in [5.74, 6) is 0. The molecule has 0 saturated carbocycles. The van der Waals surface area contributed by atoms with Crippen molar-refractivity contribution in [1.82, 2.24) is 19.5 Å². The maximum atomic E-state index is 5.61. The Morgan fingerprint density at radius 2 is 1.20 bits per heavy atom. The Hall–Kier alpha value is -2.78. The molecule has 1 N–H and O–H groups in total. The molecular formula is C36H46N4Zn+2. The smallest absolute Gasteiger partial charge is 0.355 e. The molecule has 0 fully saturated rings. The third kappa shape index (κ3) is 5.20. The second-order valence-corrected chi connectivity index (χ2v) is 10.8. The minimum atomic E-state index is 0. The van der Waals surface area contributed by atoms with Crippen LogP contribution in [0.1, 0.15) is 119 Å². The number of hydrogen-bond acceptors (Lipinski definition) is 2. The van der Waals surface area contributed by atoms with E-state index in [0.29, 0.717) is 0 Å². The zero-order valence-corrected chi connectivity index (χ0v) is 29.6. The van der Waals surface area contributed by atoms with Gasteiger partial charge in [-0.15, -0.1) is 0 Å². The first-order valence-electron chi connectivity index (χ1n) is 15.7. The van der Waals surface area contributed by atoms with E-state index in [0.717, 1.165) is 68.4 Å². The predicted octanol–water partition coefficient (Wildman–Crippen LogP) is 9.52. The quantitative estimate of drug-likeness (QED) is 0.205. The summed E-state index contributed by atoms with van der Waals surface area (Å²) in [5.41, 5.74) is 19.3. The summed E-state index contributed by atoms with van der Waals surface area (Å²) in [7, 11) is 0. The molecule has 3 aromatic heterocycles. The van der Waals surface area contributed by atoms with E-state index in [-0.39, 0.29) is 19.5 Å². The van der Waals surface area contributed by atoms with Gasteiger partial charge < -0.3 is 9.55 Å². The van der Waals surface area contributed by atoms with Crippen molar-refractivity contribution in [2.45, 2.75) is 107 Å². The molecule has 0 amide bonds. The SMILES string of the molecule is CCC1=C(CC)c2nc1c(CC)c1[nH]c(cc3nc(cc4c(CC)c(CC)c(c2CC)n4CC)C=C3)cc1CC.[Zn+2]. The second kappa shape index (κ2) is 13.0. The molecule has 0 aromatic carbocycles. The summed E-state index contributed by atoms with van der Waals surface area (Å²) in [5, 5.41) is 0. The molecule has 0 atom stereocenters. The molecule has 41 heavy (non-hydrogen) atoms. The Morgan fingerprint density at radius 3 is 1.73 bits per heavy atom. The van der Waals surface area contributed by atoms with E-state index in [4.69, 9.17) is 9.97 Å². The molecule has 0 aliphatic carbocycles. The van der Waals surface area contributed by atoms with Crippen LogP contribution in [-0.4, -0.2) is 19.5 Å². The van der Waals surface area contributed by atoms with Gasteiger partial charge in [-0.1, -0.05) is 48.5 Å². The Kier molecular flexibility index (Phi) is 9.90. The Labute approximate surface area is 259 Å². The van der Waals surface area contributed by atoms with Gasteiger partial charge in [-0.2, -0.15) is 0 Å². The molecule has 0 unspecified atom stereocenters. The van der Waals surface area contributed by atoms with Crippen molar-refractivity contribution in [3.8, 4) is 0 Å². The van der Waals surface area contributed by atoms with E-state index in [2.05, 4.69) is 95.3 Å². The molecule has 5 heteroatoms. The summed E-state index contributed by atoms with van der Waals surface area (Å²) in [6.07, 6.45) is 11.2. The van der Waals surface area contributed by atoms with Gasteiger partial charge in [0.25, 0.3) is 0 Å². The van der Waals surface area contributed by atoms with Crippen molar-refractivity contribution in [1.29, 1.82) is 0 Å². The van der Waals surface area contributed by atoms with Gasteiger partial charge in [0.1, 0.15) is 0 Å². The van der Waals surface area contributed by atoms with Crippen molar-refractivity contribution in [3.05, 3.63) is 68.8 Å². The van der Waals surface area contributed by atoms with Crippen LogP contribution in [-0.2, 0) is 58.1 Å². The van der Waals surface area contributed by atoms with Crippen LogP contribution in [0.4, 0.5) is 0 Å². The summed E-state index contributed by atoms with van der Waals surface area (Å²) < 4.78 is 2.55. The zero-order chi connectivity index (χ0) is 28.6. The van der Waals surface area contributed by atoms with Crippen LogP contribution >= 0.6 is 0 Å². The average Bonchev–Trinajstić information content (AvgIpc) is 3.73. The fraction of sp³-hybridized carbons (Fsp3) is 0.444. The zero-order valence-electron chi connectivity index (χ0n) is 26.6. The van der Waals surface area contributed by atoms with Gasteiger partial charge in [0, 0.05) is 34.2 Å². The van der Waals surface area contributed by atoms with Crippen molar-refractivity contribution >= 4 is 45.4 Å². The number of aromatic amines is 1. The van der Waals surface area contributed by atoms with Crippen molar-refractivity contribution in [3.63, 3.8) is 0 Å². The molecule has 2 aliphatic rings. The van der Waals surface area contributed by atoms with Crippen LogP contribution in [0, 0.1) is 0 Å². The number of fused-ring (bicyclic) bond motifs is 8. The second-order valence-electron chi connectivity index (χ2n) is 10.8. The molecule has 5 heterocycles. The Bertz CT molecular complexity index is 1680. The molecule has 4 nitrogen and oxygen atoms in total. The average molecular weight is 600 g/mol. The molecule has 8 bridgehead atoms. The summed E-state index contributed by atoms with van der Waals surface area (Å²) in [6, 6.07) is 6.80. The number of hydrogen-bond donors (Lipinski definition) is 1. The van der Waals surface area contributed by atoms with E-state index in [1.807, 2.05) is 0 Å². The van der Waals surface area contributed by atoms with E-state index >= 15 is 0 Å². The summed E-state index contributed by atoms with van der Waals surface area (Å²) in [4.78, 5) is 14.4. The molecular weight excluding hydrogens is 554 g/mol. The molecule has 2 aliphatic heterocycles. The standard InChI is InChI=1S/C36H46N4.Zn/c1-9-22-19-25-20-23-17-18-24(37-23)21-32-26(10-2)29(13-5)36(40(32)16-8)31(15-7)35-28(12-4)27(11-3)34(39-35)30(14-6)33(22)38-25;/h17-21,38H,9-16H2,1-8H3;/q;+2. The fourth-order valence-corrected chi connectivity index (χ4v) is 7.06. The van der Waals surface area contributed by atoms with Crippen LogP contribution in [0.3, 0.4) is 0 Å². The number of H-pyrrole nitrogens is 1. The van der Waals surface area contributed by atoms with Crippen LogP contribution in [0.15, 0.2) is 18.2 Å². The van der Waals surface area contributed by atoms with Gasteiger partial charge in [0.15, 0.2) is 0 Å². The monoisotopic (exact) mass is 598 g/mol. The van der Waals surface area contributed by atoms with E-state index in [1.165, 1.54) is 66.9 Å². The van der Waals surface area contributed by atoms with E-state index in [9.17, 15) is 0 Å². The summed E-state index contributed by atoms with van der Waals surface area (Å²) in [6.45, 7) is 19.2. The minimum Gasteiger partial charge on any atom is -0.355 e. The Balaban J connectivity index is 0.00000387. The number of nitrogens with zero attached hydrogens (tertiary/aromatic N) is 3. The van der Waals surface area contributed by atoms with Crippen molar-refractivity contribution in [2.75, 3.05) is 0 Å². The van der Waals surface area contributed by atoms with Gasteiger partial charge >= 0.3 is 19.5 Å². The molecule has 0 radical (unpaired) electrons. The van der Waals surface area contributed by atoms with Crippen molar-refractivity contribution < 1.29 is 19.5 Å². The molecule has 5 rings (SSSR count). The molecule has 0 saturated heterocycles. The first-order chi connectivity index (χ1) is 19.5. The van der Waals surface area contributed by atoms with Crippen molar-refractivity contribution in [2.24, 2.45) is 0 Å². The van der Waals surface area contributed by atoms with Gasteiger partial charge in [0.2, 0.25) is 0 Å². The number of aryl methyl sites for hydroxylation is 6. The number of rotatable bonds is 8. The topological polar surface area (TPSA) is 46.5 Å². The maximum Gasteiger partial charge on any atom is 2.00 e. The van der Waals surface area contributed by atoms with Crippen LogP contribution in [0.2, 0.25) is 0 Å². The normalized spacial score (nSPS) is 12.8. The van der Waals surface area contributed by atoms with Crippen LogP contribution in [0.5, 0.6) is 0 Å². The van der Waals surface area contributed by atoms with Crippen LogP contribution in [0.25, 0.3) is 45.4 Å². The molecule has 0 spiro atoms. The fourth-order valence-electron chi connectivity index (χ4n) is 7.06. The number of nitrogens with one attached hydrogen (secondary N) is 1. The van der Waals surface area contributed by atoms with Gasteiger partial charge in [-0.25, -0.2) is 9.97 Å². The van der Waals surface area contributed by atoms with E-state index in [1.54, 1.807) is 0 Å². The van der Waals surface area contributed by atoms with Gasteiger partial charge in [-0.05, 0) is 110 Å². The molecule has 3 aromatic rings. The maximum absolute atomic E-state index is 5.61. The first kappa shape index (κ1) is 31.2. The third-order valence-electron chi connectivity index (χ3n) is 8.85. The van der Waals surface area contributed by atoms with Gasteiger partial charge in [-0.3, -0.25) is 0 Å². The van der Waals surface area contributed by atoms with Gasteiger partial charge in [0.05, 0.1) is 28.3 Å². The predicted molar refractivity (Wildman–Crippen MR) is 174 cm³/mol. The third-order valence-corrected chi connectivity index (χ3v) is 8.85. The Morgan fingerprint density at radius 1 is 0.610 bits per heavy atom.